The molecule has 0 aliphatic carbocycles. The molecule has 0 spiro atoms. The maximum Gasteiger partial charge on any atom is 0.293 e. The van der Waals surface area contributed by atoms with Crippen molar-refractivity contribution in [1.82, 2.24) is 19.7 Å². The number of aryl methyl sites for hydroxylation is 1. The molecule has 0 bridgehead atoms. The van der Waals surface area contributed by atoms with Crippen LogP contribution in [0.15, 0.2) is 24.3 Å². The third-order valence-electron chi connectivity index (χ3n) is 4.49. The van der Waals surface area contributed by atoms with E-state index < -0.39 is 0 Å². The van der Waals surface area contributed by atoms with Gasteiger partial charge in [-0.15, -0.1) is 5.10 Å². The molecule has 1 fully saturated rings. The minimum Gasteiger partial charge on any atom is -0.334 e. The summed E-state index contributed by atoms with van der Waals surface area (Å²) in [6, 6.07) is 8.15. The molecule has 1 unspecified atom stereocenters. The number of nitrogens with two attached hydrogens (primary N) is 1. The van der Waals surface area contributed by atoms with Crippen molar-refractivity contribution < 1.29 is 4.79 Å². The Labute approximate surface area is 142 Å². The van der Waals surface area contributed by atoms with E-state index in [1.807, 2.05) is 25.1 Å². The molecule has 2 heterocycles. The average Bonchev–Trinajstić information content (AvgIpc) is 2.95. The number of benzene rings is 1. The second kappa shape index (κ2) is 6.73. The first-order chi connectivity index (χ1) is 11.5. The summed E-state index contributed by atoms with van der Waals surface area (Å²) < 4.78 is 1.77. The van der Waals surface area contributed by atoms with Crippen molar-refractivity contribution in [2.45, 2.75) is 45.6 Å². The summed E-state index contributed by atoms with van der Waals surface area (Å²) in [5.41, 5.74) is 8.14. The summed E-state index contributed by atoms with van der Waals surface area (Å²) in [5, 5.41) is 4.50. The summed E-state index contributed by atoms with van der Waals surface area (Å²) in [4.78, 5) is 18.9. The number of nitrogens with zero attached hydrogens (tertiary/aromatic N) is 4. The lowest BCUT2D eigenvalue weighted by Gasteiger charge is -2.29. The van der Waals surface area contributed by atoms with Gasteiger partial charge in [-0.3, -0.25) is 4.79 Å². The van der Waals surface area contributed by atoms with Crippen molar-refractivity contribution in [3.63, 3.8) is 0 Å². The van der Waals surface area contributed by atoms with Crippen LogP contribution in [0, 0.1) is 6.92 Å². The minimum absolute atomic E-state index is 0.0487. The molecule has 3 rings (SSSR count). The Morgan fingerprint density at radius 1 is 1.33 bits per heavy atom. The molecule has 1 aromatic carbocycles. The Morgan fingerprint density at radius 3 is 2.79 bits per heavy atom. The van der Waals surface area contributed by atoms with E-state index >= 15 is 0 Å². The van der Waals surface area contributed by atoms with Gasteiger partial charge in [0.1, 0.15) is 5.82 Å². The summed E-state index contributed by atoms with van der Waals surface area (Å²) in [6.45, 7) is 7.47. The topological polar surface area (TPSA) is 77.0 Å². The molecular weight excluding hydrogens is 302 g/mol. The Kier molecular flexibility index (Phi) is 4.66. The highest BCUT2D eigenvalue weighted by molar-refractivity contribution is 5.90. The smallest absolute Gasteiger partial charge is 0.293 e. The number of carbonyl (C=O) groups excluding carboxylic acids is 1. The lowest BCUT2D eigenvalue weighted by Crippen LogP contribution is -2.46. The second-order valence-corrected chi connectivity index (χ2v) is 6.76. The van der Waals surface area contributed by atoms with E-state index in [-0.39, 0.29) is 17.8 Å². The van der Waals surface area contributed by atoms with Crippen LogP contribution in [0.25, 0.3) is 5.69 Å². The second-order valence-electron chi connectivity index (χ2n) is 6.76. The highest BCUT2D eigenvalue weighted by atomic mass is 16.2. The molecular formula is C18H25N5O. The van der Waals surface area contributed by atoms with Gasteiger partial charge >= 0.3 is 0 Å². The van der Waals surface area contributed by atoms with E-state index in [4.69, 9.17) is 5.73 Å². The lowest BCUT2D eigenvalue weighted by molar-refractivity contribution is 0.0696. The van der Waals surface area contributed by atoms with Gasteiger partial charge in [0.15, 0.2) is 0 Å². The Morgan fingerprint density at radius 2 is 2.08 bits per heavy atom. The van der Waals surface area contributed by atoms with E-state index in [2.05, 4.69) is 30.0 Å². The molecule has 6 nitrogen and oxygen atoms in total. The quantitative estimate of drug-likeness (QED) is 0.938. The molecule has 1 atom stereocenters. The molecule has 1 aliphatic rings. The summed E-state index contributed by atoms with van der Waals surface area (Å²) >= 11 is 0. The standard InChI is InChI=1S/C18H25N5O/c1-12(2)15-8-4-5-9-16(15)23-13(3)20-17(21-23)18(24)22-10-6-7-14(19)11-22/h4-5,8-9,12,14H,6-7,10-11,19H2,1-3H3. The zero-order chi connectivity index (χ0) is 17.3. The number of hydrogen-bond donors (Lipinski definition) is 1. The van der Waals surface area contributed by atoms with E-state index in [0.29, 0.717) is 18.3 Å². The molecule has 0 saturated carbocycles. The lowest BCUT2D eigenvalue weighted by atomic mass is 10.0. The predicted octanol–water partition coefficient (Wildman–Crippen LogP) is 2.26. The molecule has 6 heteroatoms. The van der Waals surface area contributed by atoms with E-state index in [9.17, 15) is 4.79 Å². The predicted molar refractivity (Wildman–Crippen MR) is 93.3 cm³/mol. The third-order valence-corrected chi connectivity index (χ3v) is 4.49. The Balaban J connectivity index is 1.92. The van der Waals surface area contributed by atoms with Gasteiger partial charge in [0.2, 0.25) is 5.82 Å². The van der Waals surface area contributed by atoms with Gasteiger partial charge < -0.3 is 10.6 Å². The van der Waals surface area contributed by atoms with Crippen LogP contribution in [0.3, 0.4) is 0 Å². The Hall–Kier alpha value is -2.21. The highest BCUT2D eigenvalue weighted by Crippen LogP contribution is 2.23. The summed E-state index contributed by atoms with van der Waals surface area (Å²) in [6.07, 6.45) is 1.90. The number of piperidine rings is 1. The van der Waals surface area contributed by atoms with Crippen LogP contribution in [0.2, 0.25) is 0 Å². The van der Waals surface area contributed by atoms with Gasteiger partial charge in [0.05, 0.1) is 5.69 Å². The first-order valence-electron chi connectivity index (χ1n) is 8.55. The number of hydrogen-bond acceptors (Lipinski definition) is 4. The largest absolute Gasteiger partial charge is 0.334 e. The number of amides is 1. The minimum atomic E-state index is -0.131. The zero-order valence-corrected chi connectivity index (χ0v) is 14.6. The number of carbonyl (C=O) groups is 1. The molecule has 2 N–H and O–H groups in total. The molecule has 0 radical (unpaired) electrons. The summed E-state index contributed by atoms with van der Waals surface area (Å²) in [5.74, 6) is 1.20. The fourth-order valence-electron chi connectivity index (χ4n) is 3.21. The van der Waals surface area contributed by atoms with Crippen LogP contribution in [0.4, 0.5) is 0 Å². The first kappa shape index (κ1) is 16.6. The fraction of sp³-hybridized carbons (Fsp3) is 0.500. The van der Waals surface area contributed by atoms with Crippen molar-refractivity contribution in [1.29, 1.82) is 0 Å². The van der Waals surface area contributed by atoms with E-state index in [1.54, 1.807) is 9.58 Å². The Bertz CT molecular complexity index is 737. The maximum absolute atomic E-state index is 12.7. The van der Waals surface area contributed by atoms with Gasteiger partial charge in [-0.05, 0) is 37.3 Å². The van der Waals surface area contributed by atoms with Gasteiger partial charge in [-0.1, -0.05) is 32.0 Å². The number of para-hydroxylation sites is 1. The normalized spacial score (nSPS) is 18.2. The van der Waals surface area contributed by atoms with Crippen LogP contribution in [0.1, 0.15) is 54.6 Å². The zero-order valence-electron chi connectivity index (χ0n) is 14.6. The monoisotopic (exact) mass is 327 g/mol. The summed E-state index contributed by atoms with van der Waals surface area (Å²) in [7, 11) is 0. The van der Waals surface area contributed by atoms with Gasteiger partial charge in [-0.2, -0.15) is 0 Å². The molecule has 2 aromatic rings. The van der Waals surface area contributed by atoms with Crippen LogP contribution < -0.4 is 5.73 Å². The molecule has 24 heavy (non-hydrogen) atoms. The van der Waals surface area contributed by atoms with Gasteiger partial charge in [-0.25, -0.2) is 9.67 Å². The number of rotatable bonds is 3. The SMILES string of the molecule is Cc1nc(C(=O)N2CCCC(N)C2)nn1-c1ccccc1C(C)C. The van der Waals surface area contributed by atoms with Crippen LogP contribution in [0.5, 0.6) is 0 Å². The van der Waals surface area contributed by atoms with Crippen LogP contribution in [-0.2, 0) is 0 Å². The van der Waals surface area contributed by atoms with Crippen molar-refractivity contribution >= 4 is 5.91 Å². The highest BCUT2D eigenvalue weighted by Gasteiger charge is 2.26. The fourth-order valence-corrected chi connectivity index (χ4v) is 3.21. The molecule has 1 saturated heterocycles. The molecule has 128 valence electrons. The average molecular weight is 327 g/mol. The first-order valence-corrected chi connectivity index (χ1v) is 8.55. The van der Waals surface area contributed by atoms with Crippen molar-refractivity contribution in [2.75, 3.05) is 13.1 Å². The van der Waals surface area contributed by atoms with E-state index in [0.717, 1.165) is 25.1 Å². The maximum atomic E-state index is 12.7. The van der Waals surface area contributed by atoms with Crippen molar-refractivity contribution in [3.8, 4) is 5.69 Å². The molecule has 1 aliphatic heterocycles. The van der Waals surface area contributed by atoms with Gasteiger partial charge in [0, 0.05) is 19.1 Å². The third kappa shape index (κ3) is 3.19. The van der Waals surface area contributed by atoms with Gasteiger partial charge in [0.25, 0.3) is 5.91 Å². The molecule has 1 amide bonds. The van der Waals surface area contributed by atoms with Crippen LogP contribution in [-0.4, -0.2) is 44.7 Å². The van der Waals surface area contributed by atoms with E-state index in [1.165, 1.54) is 5.56 Å². The number of likely N-dealkylation sites (tertiary alicyclic amines) is 1. The van der Waals surface area contributed by atoms with Crippen molar-refractivity contribution in [2.24, 2.45) is 5.73 Å². The van der Waals surface area contributed by atoms with Crippen molar-refractivity contribution in [3.05, 3.63) is 41.5 Å². The molecule has 1 aromatic heterocycles. The van der Waals surface area contributed by atoms with Crippen LogP contribution >= 0.6 is 0 Å². The number of aromatic nitrogens is 3.